The van der Waals surface area contributed by atoms with Crippen LogP contribution < -0.4 is 15.4 Å². The van der Waals surface area contributed by atoms with Crippen molar-refractivity contribution in [1.82, 2.24) is 15.5 Å². The van der Waals surface area contributed by atoms with Gasteiger partial charge in [-0.15, -0.1) is 0 Å². The molecule has 0 aromatic heterocycles. The van der Waals surface area contributed by atoms with Gasteiger partial charge in [0.1, 0.15) is 5.75 Å². The zero-order valence-corrected chi connectivity index (χ0v) is 17.0. The molecule has 0 radical (unpaired) electrons. The van der Waals surface area contributed by atoms with E-state index >= 15 is 0 Å². The van der Waals surface area contributed by atoms with Crippen LogP contribution in [0.5, 0.6) is 5.75 Å². The Morgan fingerprint density at radius 2 is 1.70 bits per heavy atom. The fourth-order valence-corrected chi connectivity index (χ4v) is 2.77. The highest BCUT2D eigenvalue weighted by atomic mass is 16.5. The molecule has 2 N–H and O–H groups in total. The fourth-order valence-electron chi connectivity index (χ4n) is 2.77. The lowest BCUT2D eigenvalue weighted by molar-refractivity contribution is 0.236. The van der Waals surface area contributed by atoms with Crippen LogP contribution >= 0.6 is 0 Å². The van der Waals surface area contributed by atoms with E-state index < -0.39 is 0 Å². The van der Waals surface area contributed by atoms with Gasteiger partial charge in [-0.2, -0.15) is 0 Å². The highest BCUT2D eigenvalue weighted by Gasteiger charge is 2.10. The van der Waals surface area contributed by atoms with E-state index in [1.165, 1.54) is 5.56 Å². The van der Waals surface area contributed by atoms with E-state index in [1.54, 1.807) is 0 Å². The zero-order chi connectivity index (χ0) is 19.8. The monoisotopic (exact) mass is 369 g/mol. The fraction of sp³-hybridized carbons (Fsp3) is 0.409. The van der Waals surface area contributed by atoms with Crippen molar-refractivity contribution in [2.24, 2.45) is 0 Å². The van der Waals surface area contributed by atoms with E-state index in [0.29, 0.717) is 6.54 Å². The molecule has 5 nitrogen and oxygen atoms in total. The Bertz CT molecular complexity index is 727. The van der Waals surface area contributed by atoms with E-state index in [-0.39, 0.29) is 18.2 Å². The van der Waals surface area contributed by atoms with Crippen molar-refractivity contribution >= 4 is 6.03 Å². The van der Waals surface area contributed by atoms with Crippen molar-refractivity contribution < 1.29 is 9.53 Å². The molecule has 0 saturated carbocycles. The molecular weight excluding hydrogens is 338 g/mol. The molecule has 0 bridgehead atoms. The maximum absolute atomic E-state index is 12.2. The van der Waals surface area contributed by atoms with Crippen molar-refractivity contribution in [2.75, 3.05) is 14.1 Å². The summed E-state index contributed by atoms with van der Waals surface area (Å²) in [5, 5.41) is 5.89. The van der Waals surface area contributed by atoms with E-state index in [4.69, 9.17) is 4.74 Å². The maximum atomic E-state index is 12.2. The van der Waals surface area contributed by atoms with Crippen molar-refractivity contribution in [3.05, 3.63) is 65.2 Å². The minimum atomic E-state index is -0.185. The van der Waals surface area contributed by atoms with Crippen molar-refractivity contribution in [3.8, 4) is 5.75 Å². The summed E-state index contributed by atoms with van der Waals surface area (Å²) < 4.78 is 5.72. The van der Waals surface area contributed by atoms with Gasteiger partial charge < -0.3 is 20.3 Å². The first-order valence-electron chi connectivity index (χ1n) is 9.37. The molecular formula is C22H31N3O2. The predicted molar refractivity (Wildman–Crippen MR) is 110 cm³/mol. The van der Waals surface area contributed by atoms with Crippen LogP contribution in [0.2, 0.25) is 0 Å². The Balaban J connectivity index is 1.84. The minimum absolute atomic E-state index is 0.108. The molecule has 2 amide bonds. The van der Waals surface area contributed by atoms with E-state index in [9.17, 15) is 4.79 Å². The SMILES string of the molecule is CC(C)Oc1cccc(C(C)NC(=O)NCc2ccc(CN(C)C)cc2)c1. The Morgan fingerprint density at radius 3 is 2.33 bits per heavy atom. The van der Waals surface area contributed by atoms with Gasteiger partial charge in [0.05, 0.1) is 12.1 Å². The Morgan fingerprint density at radius 1 is 1.04 bits per heavy atom. The Kier molecular flexibility index (Phi) is 7.67. The third-order valence-electron chi connectivity index (χ3n) is 4.05. The van der Waals surface area contributed by atoms with Crippen LogP contribution in [-0.2, 0) is 13.1 Å². The number of benzene rings is 2. The molecule has 0 fully saturated rings. The summed E-state index contributed by atoms with van der Waals surface area (Å²) in [5.74, 6) is 0.814. The molecule has 146 valence electrons. The van der Waals surface area contributed by atoms with Crippen LogP contribution in [0.4, 0.5) is 4.79 Å². The largest absolute Gasteiger partial charge is 0.491 e. The van der Waals surface area contributed by atoms with E-state index in [1.807, 2.05) is 59.1 Å². The first kappa shape index (κ1) is 20.8. The molecule has 0 aliphatic heterocycles. The quantitative estimate of drug-likeness (QED) is 0.737. The number of amides is 2. The average molecular weight is 370 g/mol. The summed E-state index contributed by atoms with van der Waals surface area (Å²) in [6, 6.07) is 15.8. The highest BCUT2D eigenvalue weighted by molar-refractivity contribution is 5.74. The van der Waals surface area contributed by atoms with Crippen molar-refractivity contribution in [2.45, 2.75) is 46.0 Å². The summed E-state index contributed by atoms with van der Waals surface area (Å²) in [7, 11) is 4.09. The average Bonchev–Trinajstić information content (AvgIpc) is 2.60. The van der Waals surface area contributed by atoms with E-state index in [0.717, 1.165) is 23.4 Å². The predicted octanol–water partition coefficient (Wildman–Crippen LogP) is 4.10. The maximum Gasteiger partial charge on any atom is 0.315 e. The molecule has 2 aromatic carbocycles. The van der Waals surface area contributed by atoms with Gasteiger partial charge in [-0.25, -0.2) is 4.79 Å². The molecule has 27 heavy (non-hydrogen) atoms. The van der Waals surface area contributed by atoms with Gasteiger partial charge in [0.2, 0.25) is 0 Å². The molecule has 0 heterocycles. The first-order valence-corrected chi connectivity index (χ1v) is 9.37. The standard InChI is InChI=1S/C22H31N3O2/c1-16(2)27-21-8-6-7-20(13-21)17(3)24-22(26)23-14-18-9-11-19(12-10-18)15-25(4)5/h6-13,16-17H,14-15H2,1-5H3,(H2,23,24,26). The number of hydrogen-bond donors (Lipinski definition) is 2. The van der Waals surface area contributed by atoms with Crippen molar-refractivity contribution in [1.29, 1.82) is 0 Å². The van der Waals surface area contributed by atoms with Gasteiger partial charge in [-0.05, 0) is 63.7 Å². The van der Waals surface area contributed by atoms with Crippen LogP contribution in [0.3, 0.4) is 0 Å². The lowest BCUT2D eigenvalue weighted by Crippen LogP contribution is -2.36. The van der Waals surface area contributed by atoms with Crippen molar-refractivity contribution in [3.63, 3.8) is 0 Å². The number of carbonyl (C=O) groups excluding carboxylic acids is 1. The van der Waals surface area contributed by atoms with Gasteiger partial charge >= 0.3 is 6.03 Å². The molecule has 0 aliphatic carbocycles. The van der Waals surface area contributed by atoms with Gasteiger partial charge in [-0.1, -0.05) is 36.4 Å². The molecule has 1 atom stereocenters. The number of rotatable bonds is 8. The Labute approximate surface area is 162 Å². The minimum Gasteiger partial charge on any atom is -0.491 e. The summed E-state index contributed by atoms with van der Waals surface area (Å²) >= 11 is 0. The third kappa shape index (κ3) is 7.31. The van der Waals surface area contributed by atoms with Crippen LogP contribution in [0.25, 0.3) is 0 Å². The smallest absolute Gasteiger partial charge is 0.315 e. The van der Waals surface area contributed by atoms with Gasteiger partial charge in [0.25, 0.3) is 0 Å². The second kappa shape index (κ2) is 9.97. The van der Waals surface area contributed by atoms with Crippen LogP contribution in [0.1, 0.15) is 43.5 Å². The molecule has 0 aliphatic rings. The number of urea groups is 1. The first-order chi connectivity index (χ1) is 12.8. The zero-order valence-electron chi connectivity index (χ0n) is 17.0. The van der Waals surface area contributed by atoms with Crippen LogP contribution in [0.15, 0.2) is 48.5 Å². The molecule has 5 heteroatoms. The lowest BCUT2D eigenvalue weighted by Gasteiger charge is -2.17. The number of nitrogens with zero attached hydrogens (tertiary/aromatic N) is 1. The third-order valence-corrected chi connectivity index (χ3v) is 4.05. The molecule has 0 saturated heterocycles. The second-order valence-electron chi connectivity index (χ2n) is 7.34. The molecule has 1 unspecified atom stereocenters. The topological polar surface area (TPSA) is 53.6 Å². The molecule has 2 rings (SSSR count). The number of ether oxygens (including phenoxy) is 1. The summed E-state index contributed by atoms with van der Waals surface area (Å²) in [5.41, 5.74) is 3.34. The number of hydrogen-bond acceptors (Lipinski definition) is 3. The summed E-state index contributed by atoms with van der Waals surface area (Å²) in [6.07, 6.45) is 0.121. The van der Waals surface area contributed by atoms with E-state index in [2.05, 4.69) is 39.8 Å². The number of nitrogens with one attached hydrogen (secondary N) is 2. The lowest BCUT2D eigenvalue weighted by atomic mass is 10.1. The number of carbonyl (C=O) groups is 1. The Hall–Kier alpha value is -2.53. The van der Waals surface area contributed by atoms with Crippen LogP contribution in [0, 0.1) is 0 Å². The van der Waals surface area contributed by atoms with Crippen LogP contribution in [-0.4, -0.2) is 31.1 Å². The normalized spacial score (nSPS) is 12.1. The summed E-state index contributed by atoms with van der Waals surface area (Å²) in [4.78, 5) is 14.3. The molecule has 0 spiro atoms. The highest BCUT2D eigenvalue weighted by Crippen LogP contribution is 2.20. The second-order valence-corrected chi connectivity index (χ2v) is 7.34. The summed E-state index contributed by atoms with van der Waals surface area (Å²) in [6.45, 7) is 7.36. The van der Waals surface area contributed by atoms with Gasteiger partial charge in [0, 0.05) is 13.1 Å². The molecule has 2 aromatic rings. The van der Waals surface area contributed by atoms with Gasteiger partial charge in [0.15, 0.2) is 0 Å². The van der Waals surface area contributed by atoms with Gasteiger partial charge in [-0.3, -0.25) is 0 Å².